The molecular weight excluding hydrogens is 348 g/mol. The number of aromatic nitrogens is 3. The molecule has 1 amide bonds. The van der Waals surface area contributed by atoms with Crippen molar-refractivity contribution in [2.75, 3.05) is 7.11 Å². The SMILES string of the molecule is CCc1nc2c(c(=O)[nH]1)C[C@H]1CC[C@@H](C2)N1C(=O)c1noc(C)c1COC. The monoisotopic (exact) mass is 372 g/mol. The largest absolute Gasteiger partial charge is 0.380 e. The molecule has 2 atom stereocenters. The first-order chi connectivity index (χ1) is 13.0. The molecule has 8 heteroatoms. The first-order valence-electron chi connectivity index (χ1n) is 9.41. The van der Waals surface area contributed by atoms with Gasteiger partial charge in [-0.25, -0.2) is 4.98 Å². The second kappa shape index (κ2) is 6.92. The van der Waals surface area contributed by atoms with E-state index in [1.54, 1.807) is 14.0 Å². The van der Waals surface area contributed by atoms with Gasteiger partial charge in [-0.15, -0.1) is 0 Å². The van der Waals surface area contributed by atoms with Gasteiger partial charge < -0.3 is 19.1 Å². The van der Waals surface area contributed by atoms with Crippen LogP contribution in [0.4, 0.5) is 0 Å². The number of H-pyrrole nitrogens is 1. The maximum absolute atomic E-state index is 13.3. The van der Waals surface area contributed by atoms with Crippen molar-refractivity contribution in [1.82, 2.24) is 20.0 Å². The van der Waals surface area contributed by atoms with E-state index in [1.807, 2.05) is 11.8 Å². The highest BCUT2D eigenvalue weighted by Gasteiger charge is 2.42. The first kappa shape index (κ1) is 17.9. The van der Waals surface area contributed by atoms with Crippen LogP contribution in [0.5, 0.6) is 0 Å². The van der Waals surface area contributed by atoms with Gasteiger partial charge in [0.15, 0.2) is 5.69 Å². The molecule has 2 aliphatic rings. The van der Waals surface area contributed by atoms with Crippen LogP contribution in [0.2, 0.25) is 0 Å². The predicted octanol–water partition coefficient (Wildman–Crippen LogP) is 1.55. The molecular formula is C19H24N4O4. The third-order valence-corrected chi connectivity index (χ3v) is 5.68. The molecule has 144 valence electrons. The molecule has 0 aliphatic carbocycles. The summed E-state index contributed by atoms with van der Waals surface area (Å²) in [5.74, 6) is 1.15. The van der Waals surface area contributed by atoms with E-state index in [9.17, 15) is 9.59 Å². The van der Waals surface area contributed by atoms with Crippen LogP contribution >= 0.6 is 0 Å². The zero-order valence-electron chi connectivity index (χ0n) is 15.9. The van der Waals surface area contributed by atoms with E-state index in [2.05, 4.69) is 15.1 Å². The molecule has 2 aliphatic heterocycles. The molecule has 2 aromatic heterocycles. The van der Waals surface area contributed by atoms with Gasteiger partial charge in [-0.3, -0.25) is 9.59 Å². The molecule has 1 fully saturated rings. The number of aromatic amines is 1. The lowest BCUT2D eigenvalue weighted by Crippen LogP contribution is -2.42. The second-order valence-electron chi connectivity index (χ2n) is 7.30. The number of fused-ring (bicyclic) bond motifs is 3. The number of methoxy groups -OCH3 is 1. The molecule has 8 nitrogen and oxygen atoms in total. The minimum absolute atomic E-state index is 0.0217. The van der Waals surface area contributed by atoms with Gasteiger partial charge in [0.1, 0.15) is 11.6 Å². The number of hydrogen-bond donors (Lipinski definition) is 1. The molecule has 0 saturated carbocycles. The van der Waals surface area contributed by atoms with E-state index in [0.29, 0.717) is 47.7 Å². The number of carbonyl (C=O) groups excluding carboxylic acids is 1. The number of carbonyl (C=O) groups is 1. The van der Waals surface area contributed by atoms with E-state index in [4.69, 9.17) is 9.26 Å². The van der Waals surface area contributed by atoms with Crippen LogP contribution in [0.1, 0.15) is 58.7 Å². The topological polar surface area (TPSA) is 101 Å². The fourth-order valence-corrected chi connectivity index (χ4v) is 4.29. The minimum Gasteiger partial charge on any atom is -0.380 e. The molecule has 4 rings (SSSR count). The zero-order chi connectivity index (χ0) is 19.1. The Kier molecular flexibility index (Phi) is 4.59. The van der Waals surface area contributed by atoms with Gasteiger partial charge in [0.05, 0.1) is 17.9 Å². The summed E-state index contributed by atoms with van der Waals surface area (Å²) in [6, 6.07) is 0.00156. The number of rotatable bonds is 4. The minimum atomic E-state index is -0.147. The molecule has 1 saturated heterocycles. The third-order valence-electron chi connectivity index (χ3n) is 5.68. The summed E-state index contributed by atoms with van der Waals surface area (Å²) in [5.41, 5.74) is 2.47. The molecule has 2 bridgehead atoms. The zero-order valence-corrected chi connectivity index (χ0v) is 15.9. The van der Waals surface area contributed by atoms with E-state index in [1.165, 1.54) is 0 Å². The standard InChI is InChI=1S/C19H24N4O4/c1-4-16-20-15-8-12-6-5-11(7-13(15)18(24)21-16)23(12)19(25)17-14(9-26-3)10(2)27-22-17/h11-12H,4-9H2,1-3H3,(H,20,21,24)/t11-,12+/m1/s1. The fourth-order valence-electron chi connectivity index (χ4n) is 4.29. The summed E-state index contributed by atoms with van der Waals surface area (Å²) < 4.78 is 10.5. The van der Waals surface area contributed by atoms with Gasteiger partial charge in [0.25, 0.3) is 11.5 Å². The maximum Gasteiger partial charge on any atom is 0.276 e. The van der Waals surface area contributed by atoms with Gasteiger partial charge in [0, 0.05) is 44.0 Å². The van der Waals surface area contributed by atoms with Gasteiger partial charge in [-0.05, 0) is 19.8 Å². The molecule has 0 spiro atoms. The molecule has 4 heterocycles. The number of nitrogens with one attached hydrogen (secondary N) is 1. The Labute approximate surface area is 156 Å². The maximum atomic E-state index is 13.3. The summed E-state index contributed by atoms with van der Waals surface area (Å²) in [7, 11) is 1.58. The van der Waals surface area contributed by atoms with E-state index < -0.39 is 0 Å². The third kappa shape index (κ3) is 2.97. The van der Waals surface area contributed by atoms with Crippen molar-refractivity contribution in [2.45, 2.75) is 64.6 Å². The van der Waals surface area contributed by atoms with Crippen molar-refractivity contribution in [3.63, 3.8) is 0 Å². The van der Waals surface area contributed by atoms with Crippen molar-refractivity contribution >= 4 is 5.91 Å². The van der Waals surface area contributed by atoms with Gasteiger partial charge in [-0.1, -0.05) is 12.1 Å². The predicted molar refractivity (Wildman–Crippen MR) is 96.6 cm³/mol. The molecule has 27 heavy (non-hydrogen) atoms. The van der Waals surface area contributed by atoms with Crippen molar-refractivity contribution < 1.29 is 14.1 Å². The first-order valence-corrected chi connectivity index (χ1v) is 9.41. The second-order valence-corrected chi connectivity index (χ2v) is 7.30. The number of ether oxygens (including phenoxy) is 1. The van der Waals surface area contributed by atoms with Gasteiger partial charge in [0.2, 0.25) is 0 Å². The van der Waals surface area contributed by atoms with Gasteiger partial charge >= 0.3 is 0 Å². The number of hydrogen-bond acceptors (Lipinski definition) is 6. The van der Waals surface area contributed by atoms with Crippen molar-refractivity contribution in [3.8, 4) is 0 Å². The Morgan fingerprint density at radius 2 is 2.07 bits per heavy atom. The summed E-state index contributed by atoms with van der Waals surface area (Å²) in [6.07, 6.45) is 3.59. The number of nitrogens with zero attached hydrogens (tertiary/aromatic N) is 3. The normalized spacial score (nSPS) is 21.2. The number of aryl methyl sites for hydroxylation is 2. The number of amides is 1. The van der Waals surface area contributed by atoms with E-state index in [-0.39, 0.29) is 30.2 Å². The lowest BCUT2D eigenvalue weighted by molar-refractivity contribution is 0.0658. The Hall–Kier alpha value is -2.48. The van der Waals surface area contributed by atoms with Crippen LogP contribution in [-0.2, 0) is 30.6 Å². The quantitative estimate of drug-likeness (QED) is 0.874. The molecule has 0 unspecified atom stereocenters. The van der Waals surface area contributed by atoms with Crippen molar-refractivity contribution in [3.05, 3.63) is 44.5 Å². The van der Waals surface area contributed by atoms with Crippen LogP contribution in [0.25, 0.3) is 0 Å². The van der Waals surface area contributed by atoms with Crippen LogP contribution in [0.15, 0.2) is 9.32 Å². The van der Waals surface area contributed by atoms with Gasteiger partial charge in [-0.2, -0.15) is 0 Å². The lowest BCUT2D eigenvalue weighted by Gasteiger charge is -2.27. The van der Waals surface area contributed by atoms with E-state index >= 15 is 0 Å². The fraction of sp³-hybridized carbons (Fsp3) is 0.579. The molecule has 0 radical (unpaired) electrons. The van der Waals surface area contributed by atoms with Crippen LogP contribution in [0.3, 0.4) is 0 Å². The Bertz CT molecular complexity index is 932. The summed E-state index contributed by atoms with van der Waals surface area (Å²) in [6.45, 7) is 4.02. The summed E-state index contributed by atoms with van der Waals surface area (Å²) in [4.78, 5) is 35.2. The van der Waals surface area contributed by atoms with Crippen LogP contribution < -0.4 is 5.56 Å². The van der Waals surface area contributed by atoms with Crippen molar-refractivity contribution in [2.24, 2.45) is 0 Å². The highest BCUT2D eigenvalue weighted by molar-refractivity contribution is 5.94. The van der Waals surface area contributed by atoms with Crippen LogP contribution in [-0.4, -0.2) is 45.1 Å². The molecule has 2 aromatic rings. The molecule has 1 N–H and O–H groups in total. The Morgan fingerprint density at radius 3 is 2.78 bits per heavy atom. The smallest absolute Gasteiger partial charge is 0.276 e. The summed E-state index contributed by atoms with van der Waals surface area (Å²) in [5, 5.41) is 4.00. The summed E-state index contributed by atoms with van der Waals surface area (Å²) >= 11 is 0. The Morgan fingerprint density at radius 1 is 1.33 bits per heavy atom. The van der Waals surface area contributed by atoms with Crippen LogP contribution in [0, 0.1) is 6.92 Å². The Balaban J connectivity index is 1.69. The average molecular weight is 372 g/mol. The molecule has 0 aromatic carbocycles. The van der Waals surface area contributed by atoms with Crippen molar-refractivity contribution in [1.29, 1.82) is 0 Å². The average Bonchev–Trinajstić information content (AvgIpc) is 3.15. The highest BCUT2D eigenvalue weighted by Crippen LogP contribution is 2.34. The lowest BCUT2D eigenvalue weighted by atomic mass is 9.98. The highest BCUT2D eigenvalue weighted by atomic mass is 16.5. The van der Waals surface area contributed by atoms with E-state index in [0.717, 1.165) is 18.5 Å².